The molecule has 2 saturated heterocycles. The maximum atomic E-state index is 14.2. The number of fused-ring (bicyclic) bond motifs is 1. The Morgan fingerprint density at radius 1 is 1.03 bits per heavy atom. The summed E-state index contributed by atoms with van der Waals surface area (Å²) in [6.45, 7) is 4.80. The Labute approximate surface area is 215 Å². The van der Waals surface area contributed by atoms with Crippen LogP contribution in [0.4, 0.5) is 0 Å². The maximum absolute atomic E-state index is 14.2. The van der Waals surface area contributed by atoms with Crippen molar-refractivity contribution in [2.75, 3.05) is 40.4 Å². The fourth-order valence-corrected chi connectivity index (χ4v) is 6.81. The molecule has 36 heavy (non-hydrogen) atoms. The zero-order chi connectivity index (χ0) is 25.1. The van der Waals surface area contributed by atoms with Crippen molar-refractivity contribution in [3.63, 3.8) is 0 Å². The monoisotopic (exact) mass is 492 g/mol. The van der Waals surface area contributed by atoms with Crippen molar-refractivity contribution in [2.24, 2.45) is 17.3 Å². The second kappa shape index (κ2) is 10.9. The Bertz CT molecular complexity index is 1040. The SMILES string of the molecule is COc1cc2c(cc1OC)C(=O)[C@](CC1CCNCC1)([C@@H](O)C1CCN(Cc3ccccc3)CC1)C2. The first-order chi connectivity index (χ1) is 17.5. The summed E-state index contributed by atoms with van der Waals surface area (Å²) in [5, 5.41) is 15.5. The van der Waals surface area contributed by atoms with E-state index in [1.807, 2.05) is 12.1 Å². The van der Waals surface area contributed by atoms with E-state index in [4.69, 9.17) is 9.47 Å². The number of Topliss-reactive ketones (excluding diaryl/α,β-unsaturated/α-hetero) is 1. The lowest BCUT2D eigenvalue weighted by atomic mass is 9.65. The highest BCUT2D eigenvalue weighted by Gasteiger charge is 2.54. The largest absolute Gasteiger partial charge is 0.493 e. The Balaban J connectivity index is 1.37. The van der Waals surface area contributed by atoms with Crippen LogP contribution in [0, 0.1) is 17.3 Å². The third-order valence-corrected chi connectivity index (χ3v) is 8.82. The van der Waals surface area contributed by atoms with Gasteiger partial charge < -0.3 is 19.9 Å². The van der Waals surface area contributed by atoms with Crippen molar-refractivity contribution in [1.82, 2.24) is 10.2 Å². The number of carbonyl (C=O) groups excluding carboxylic acids is 1. The van der Waals surface area contributed by atoms with Crippen molar-refractivity contribution in [1.29, 1.82) is 0 Å². The molecule has 2 atom stereocenters. The summed E-state index contributed by atoms with van der Waals surface area (Å²) in [6.07, 6.45) is 4.62. The first-order valence-corrected chi connectivity index (χ1v) is 13.5. The highest BCUT2D eigenvalue weighted by Crippen LogP contribution is 2.50. The second-order valence-corrected chi connectivity index (χ2v) is 11.0. The fraction of sp³-hybridized carbons (Fsp3) is 0.567. The van der Waals surface area contributed by atoms with E-state index in [1.54, 1.807) is 14.2 Å². The number of hydrogen-bond acceptors (Lipinski definition) is 6. The minimum atomic E-state index is -0.770. The summed E-state index contributed by atoms with van der Waals surface area (Å²) in [5.41, 5.74) is 2.23. The molecule has 2 heterocycles. The number of carbonyl (C=O) groups is 1. The first-order valence-electron chi connectivity index (χ1n) is 13.5. The predicted octanol–water partition coefficient (Wildman–Crippen LogP) is 4.09. The number of hydrogen-bond donors (Lipinski definition) is 2. The van der Waals surface area contributed by atoms with Crippen LogP contribution in [0.15, 0.2) is 42.5 Å². The highest BCUT2D eigenvalue weighted by molar-refractivity contribution is 6.06. The number of piperidine rings is 2. The van der Waals surface area contributed by atoms with Gasteiger partial charge in [-0.3, -0.25) is 9.69 Å². The van der Waals surface area contributed by atoms with Crippen LogP contribution >= 0.6 is 0 Å². The zero-order valence-electron chi connectivity index (χ0n) is 21.7. The van der Waals surface area contributed by atoms with Gasteiger partial charge in [0.1, 0.15) is 0 Å². The van der Waals surface area contributed by atoms with E-state index in [9.17, 15) is 9.90 Å². The van der Waals surface area contributed by atoms with Gasteiger partial charge in [0.25, 0.3) is 0 Å². The molecule has 0 amide bonds. The molecule has 2 aliphatic heterocycles. The van der Waals surface area contributed by atoms with Gasteiger partial charge in [0.05, 0.1) is 25.7 Å². The number of nitrogens with zero attached hydrogens (tertiary/aromatic N) is 1. The summed E-state index contributed by atoms with van der Waals surface area (Å²) in [6, 6.07) is 14.3. The van der Waals surface area contributed by atoms with Gasteiger partial charge in [-0.2, -0.15) is 0 Å². The summed E-state index contributed by atoms with van der Waals surface area (Å²) in [4.78, 5) is 16.6. The number of likely N-dealkylation sites (tertiary alicyclic amines) is 1. The van der Waals surface area contributed by atoms with Crippen molar-refractivity contribution in [3.05, 3.63) is 59.2 Å². The minimum absolute atomic E-state index is 0.0937. The molecule has 5 rings (SSSR count). The van der Waals surface area contributed by atoms with Crippen LogP contribution in [0.3, 0.4) is 0 Å². The third kappa shape index (κ3) is 4.91. The lowest BCUT2D eigenvalue weighted by molar-refractivity contribution is -0.0352. The molecule has 2 aromatic rings. The van der Waals surface area contributed by atoms with Gasteiger partial charge >= 0.3 is 0 Å². The molecule has 1 aliphatic carbocycles. The van der Waals surface area contributed by atoms with Crippen LogP contribution in [0.5, 0.6) is 11.5 Å². The van der Waals surface area contributed by atoms with Crippen molar-refractivity contribution < 1.29 is 19.4 Å². The van der Waals surface area contributed by atoms with E-state index in [2.05, 4.69) is 40.5 Å². The van der Waals surface area contributed by atoms with E-state index in [1.165, 1.54) is 5.56 Å². The van der Waals surface area contributed by atoms with Crippen molar-refractivity contribution in [2.45, 2.75) is 51.2 Å². The number of benzene rings is 2. The standard InChI is InChI=1S/C30H40N2O4/c1-35-26-16-24-19-30(18-21-8-12-31-13-9-21,29(34)25(24)17-27(26)36-2)28(33)23-10-14-32(15-11-23)20-22-6-4-3-5-7-22/h3-7,16-17,21,23,28,31,33H,8-15,18-20H2,1-2H3/t28-,30-/m0/s1. The van der Waals surface area contributed by atoms with Gasteiger partial charge in [-0.05, 0) is 99.8 Å². The topological polar surface area (TPSA) is 71.0 Å². The number of ketones is 1. The Morgan fingerprint density at radius 3 is 2.36 bits per heavy atom. The van der Waals surface area contributed by atoms with Gasteiger partial charge in [-0.25, -0.2) is 0 Å². The average Bonchev–Trinajstić information content (AvgIpc) is 3.20. The smallest absolute Gasteiger partial charge is 0.172 e. The molecular weight excluding hydrogens is 452 g/mol. The minimum Gasteiger partial charge on any atom is -0.493 e. The van der Waals surface area contributed by atoms with Gasteiger partial charge in [0.2, 0.25) is 0 Å². The van der Waals surface area contributed by atoms with E-state index in [0.29, 0.717) is 29.4 Å². The van der Waals surface area contributed by atoms with Gasteiger partial charge in [0.15, 0.2) is 17.3 Å². The second-order valence-electron chi connectivity index (χ2n) is 11.0. The average molecular weight is 493 g/mol. The van der Waals surface area contributed by atoms with E-state index < -0.39 is 11.5 Å². The molecule has 0 bridgehead atoms. The van der Waals surface area contributed by atoms with Crippen LogP contribution in [-0.2, 0) is 13.0 Å². The van der Waals surface area contributed by atoms with E-state index >= 15 is 0 Å². The number of rotatable bonds is 8. The lowest BCUT2D eigenvalue weighted by Gasteiger charge is -2.43. The molecule has 2 aromatic carbocycles. The normalized spacial score (nSPS) is 24.5. The molecule has 194 valence electrons. The van der Waals surface area contributed by atoms with Crippen molar-refractivity contribution in [3.8, 4) is 11.5 Å². The quantitative estimate of drug-likeness (QED) is 0.578. The molecule has 2 fully saturated rings. The van der Waals surface area contributed by atoms with Gasteiger partial charge in [0, 0.05) is 12.1 Å². The van der Waals surface area contributed by atoms with Gasteiger partial charge in [-0.15, -0.1) is 0 Å². The number of aliphatic hydroxyl groups is 1. The fourth-order valence-electron chi connectivity index (χ4n) is 6.81. The number of nitrogens with one attached hydrogen (secondary N) is 1. The molecule has 6 heteroatoms. The summed E-state index contributed by atoms with van der Waals surface area (Å²) in [7, 11) is 3.23. The molecule has 0 saturated carbocycles. The Morgan fingerprint density at radius 2 is 1.69 bits per heavy atom. The first kappa shape index (κ1) is 25.2. The highest BCUT2D eigenvalue weighted by atomic mass is 16.5. The van der Waals surface area contributed by atoms with Gasteiger partial charge in [-0.1, -0.05) is 30.3 Å². The molecule has 6 nitrogen and oxygen atoms in total. The molecular formula is C30H40N2O4. The Hall–Kier alpha value is -2.41. The summed E-state index contributed by atoms with van der Waals surface area (Å²) in [5.74, 6) is 1.88. The summed E-state index contributed by atoms with van der Waals surface area (Å²) >= 11 is 0. The molecule has 2 N–H and O–H groups in total. The van der Waals surface area contributed by atoms with Crippen LogP contribution in [-0.4, -0.2) is 62.3 Å². The van der Waals surface area contributed by atoms with E-state index in [-0.39, 0.29) is 11.7 Å². The number of methoxy groups -OCH3 is 2. The zero-order valence-corrected chi connectivity index (χ0v) is 21.7. The van der Waals surface area contributed by atoms with Crippen molar-refractivity contribution >= 4 is 5.78 Å². The molecule has 0 aromatic heterocycles. The van der Waals surface area contributed by atoms with Crippen LogP contribution in [0.25, 0.3) is 0 Å². The lowest BCUT2D eigenvalue weighted by Crippen LogP contribution is -2.49. The number of aliphatic hydroxyl groups excluding tert-OH is 1. The maximum Gasteiger partial charge on any atom is 0.172 e. The molecule has 0 spiro atoms. The molecule has 3 aliphatic rings. The van der Waals surface area contributed by atoms with Crippen LogP contribution in [0.1, 0.15) is 53.6 Å². The summed E-state index contributed by atoms with van der Waals surface area (Å²) < 4.78 is 11.1. The Kier molecular flexibility index (Phi) is 7.65. The molecule has 0 radical (unpaired) electrons. The van der Waals surface area contributed by atoms with Crippen LogP contribution in [0.2, 0.25) is 0 Å². The predicted molar refractivity (Wildman–Crippen MR) is 141 cm³/mol. The van der Waals surface area contributed by atoms with Crippen LogP contribution < -0.4 is 14.8 Å². The molecule has 0 unspecified atom stereocenters. The number of ether oxygens (including phenoxy) is 2. The third-order valence-electron chi connectivity index (χ3n) is 8.82. The van der Waals surface area contributed by atoms with E-state index in [0.717, 1.165) is 70.4 Å².